The maximum Gasteiger partial charge on any atom is 0.178 e. The van der Waals surface area contributed by atoms with Crippen molar-refractivity contribution in [1.29, 1.82) is 0 Å². The van der Waals surface area contributed by atoms with E-state index in [0.29, 0.717) is 0 Å². The Labute approximate surface area is 101 Å². The van der Waals surface area contributed by atoms with E-state index in [1.165, 1.54) is 10.4 Å². The molecule has 1 aromatic rings. The Morgan fingerprint density at radius 2 is 2.00 bits per heavy atom. The van der Waals surface area contributed by atoms with Gasteiger partial charge in [-0.1, -0.05) is 20.8 Å². The highest BCUT2D eigenvalue weighted by Gasteiger charge is 2.25. The molecule has 2 nitrogen and oxygen atoms in total. The summed E-state index contributed by atoms with van der Waals surface area (Å²) in [4.78, 5) is 14.5. The van der Waals surface area contributed by atoms with Gasteiger partial charge in [0.2, 0.25) is 0 Å². The van der Waals surface area contributed by atoms with Gasteiger partial charge >= 0.3 is 0 Å². The monoisotopic (exact) mass is 237 g/mol. The molecule has 0 saturated carbocycles. The molecule has 0 aromatic carbocycles. The van der Waals surface area contributed by atoms with E-state index in [2.05, 4.69) is 11.4 Å². The summed E-state index contributed by atoms with van der Waals surface area (Å²) in [6.45, 7) is 8.04. The third-order valence-electron chi connectivity index (χ3n) is 2.90. The normalized spacial score (nSPS) is 16.7. The number of carbonyl (C=O) groups excluding carboxylic acids is 1. The van der Waals surface area contributed by atoms with Gasteiger partial charge < -0.3 is 5.32 Å². The van der Waals surface area contributed by atoms with Crippen LogP contribution in [0.25, 0.3) is 0 Å². The number of rotatable bonds is 1. The standard InChI is InChI=1S/C13H19NOS/c1-13(2,3)12(15)11-8-9-4-6-14-7-5-10(9)16-11/h8,14H,4-7H2,1-3H3. The van der Waals surface area contributed by atoms with Crippen molar-refractivity contribution in [3.8, 4) is 0 Å². The summed E-state index contributed by atoms with van der Waals surface area (Å²) in [5.41, 5.74) is 1.12. The highest BCUT2D eigenvalue weighted by molar-refractivity contribution is 7.14. The van der Waals surface area contributed by atoms with Crippen molar-refractivity contribution in [2.45, 2.75) is 33.6 Å². The molecule has 0 amide bonds. The molecule has 3 heteroatoms. The van der Waals surface area contributed by atoms with Crippen molar-refractivity contribution < 1.29 is 4.79 Å². The molecule has 88 valence electrons. The fourth-order valence-corrected chi connectivity index (χ4v) is 3.28. The lowest BCUT2D eigenvalue weighted by molar-refractivity contribution is 0.0862. The third-order valence-corrected chi connectivity index (χ3v) is 4.14. The first-order valence-electron chi connectivity index (χ1n) is 5.85. The topological polar surface area (TPSA) is 29.1 Å². The summed E-state index contributed by atoms with van der Waals surface area (Å²) in [6.07, 6.45) is 2.13. The van der Waals surface area contributed by atoms with Crippen LogP contribution >= 0.6 is 11.3 Å². The van der Waals surface area contributed by atoms with Crippen LogP contribution in [0.15, 0.2) is 6.07 Å². The molecule has 2 heterocycles. The minimum Gasteiger partial charge on any atom is -0.316 e. The minimum atomic E-state index is -0.262. The SMILES string of the molecule is CC(C)(C)C(=O)c1cc2c(s1)CCNCC2. The number of hydrogen-bond acceptors (Lipinski definition) is 3. The molecule has 0 atom stereocenters. The van der Waals surface area contributed by atoms with Crippen LogP contribution in [-0.4, -0.2) is 18.9 Å². The van der Waals surface area contributed by atoms with Gasteiger partial charge in [-0.05, 0) is 37.6 Å². The number of thiophene rings is 1. The highest BCUT2D eigenvalue weighted by Crippen LogP contribution is 2.30. The summed E-state index contributed by atoms with van der Waals surface area (Å²) in [5.74, 6) is 0.276. The Morgan fingerprint density at radius 1 is 1.31 bits per heavy atom. The quantitative estimate of drug-likeness (QED) is 0.761. The molecular formula is C13H19NOS. The van der Waals surface area contributed by atoms with Crippen LogP contribution in [0, 0.1) is 5.41 Å². The van der Waals surface area contributed by atoms with Gasteiger partial charge in [0.1, 0.15) is 0 Å². The molecule has 1 N–H and O–H groups in total. The zero-order chi connectivity index (χ0) is 11.8. The largest absolute Gasteiger partial charge is 0.316 e. The maximum absolute atomic E-state index is 12.2. The van der Waals surface area contributed by atoms with Gasteiger partial charge in [-0.15, -0.1) is 11.3 Å². The number of carbonyl (C=O) groups is 1. The van der Waals surface area contributed by atoms with E-state index in [0.717, 1.165) is 30.8 Å². The van der Waals surface area contributed by atoms with Crippen LogP contribution in [0.1, 0.15) is 40.9 Å². The van der Waals surface area contributed by atoms with Crippen LogP contribution in [0.5, 0.6) is 0 Å². The second-order valence-corrected chi connectivity index (χ2v) is 6.52. The summed E-state index contributed by atoms with van der Waals surface area (Å²) < 4.78 is 0. The Kier molecular flexibility index (Phi) is 3.17. The van der Waals surface area contributed by atoms with Crippen LogP contribution in [-0.2, 0) is 12.8 Å². The Balaban J connectivity index is 2.28. The molecule has 16 heavy (non-hydrogen) atoms. The van der Waals surface area contributed by atoms with E-state index in [1.54, 1.807) is 11.3 Å². The summed E-state index contributed by atoms with van der Waals surface area (Å²) in [5, 5.41) is 3.38. The third kappa shape index (κ3) is 2.36. The number of hydrogen-bond donors (Lipinski definition) is 1. The first-order valence-corrected chi connectivity index (χ1v) is 6.67. The predicted molar refractivity (Wildman–Crippen MR) is 68.4 cm³/mol. The highest BCUT2D eigenvalue weighted by atomic mass is 32.1. The maximum atomic E-state index is 12.2. The molecule has 1 aliphatic heterocycles. The van der Waals surface area contributed by atoms with E-state index in [4.69, 9.17) is 0 Å². The second-order valence-electron chi connectivity index (χ2n) is 5.39. The first kappa shape index (κ1) is 11.8. The lowest BCUT2D eigenvalue weighted by atomic mass is 9.90. The smallest absolute Gasteiger partial charge is 0.178 e. The van der Waals surface area contributed by atoms with Gasteiger partial charge in [0.05, 0.1) is 4.88 Å². The molecule has 2 rings (SSSR count). The molecular weight excluding hydrogens is 218 g/mol. The second kappa shape index (κ2) is 4.30. The van der Waals surface area contributed by atoms with Crippen LogP contribution in [0.3, 0.4) is 0 Å². The molecule has 1 aromatic heterocycles. The van der Waals surface area contributed by atoms with Crippen molar-refractivity contribution in [3.05, 3.63) is 21.4 Å². The van der Waals surface area contributed by atoms with Crippen molar-refractivity contribution >= 4 is 17.1 Å². The zero-order valence-electron chi connectivity index (χ0n) is 10.2. The zero-order valence-corrected chi connectivity index (χ0v) is 11.0. The number of ketones is 1. The predicted octanol–water partition coefficient (Wildman–Crippen LogP) is 2.67. The number of nitrogens with one attached hydrogen (secondary N) is 1. The first-order chi connectivity index (χ1) is 7.48. The molecule has 0 aliphatic carbocycles. The van der Waals surface area contributed by atoms with Crippen molar-refractivity contribution in [2.24, 2.45) is 5.41 Å². The van der Waals surface area contributed by atoms with Crippen molar-refractivity contribution in [3.63, 3.8) is 0 Å². The Hall–Kier alpha value is -0.670. The molecule has 0 saturated heterocycles. The Morgan fingerprint density at radius 3 is 2.69 bits per heavy atom. The fourth-order valence-electron chi connectivity index (χ4n) is 1.92. The average Bonchev–Trinajstić information content (AvgIpc) is 2.47. The molecule has 0 radical (unpaired) electrons. The van der Waals surface area contributed by atoms with Gasteiger partial charge in [-0.3, -0.25) is 4.79 Å². The van der Waals surface area contributed by atoms with Crippen molar-refractivity contribution in [2.75, 3.05) is 13.1 Å². The molecule has 0 unspecified atom stereocenters. The van der Waals surface area contributed by atoms with Crippen LogP contribution < -0.4 is 5.32 Å². The number of fused-ring (bicyclic) bond motifs is 1. The Bertz CT molecular complexity index is 377. The van der Waals surface area contributed by atoms with E-state index >= 15 is 0 Å². The van der Waals surface area contributed by atoms with E-state index in [9.17, 15) is 4.79 Å². The number of Topliss-reactive ketones (excluding diaryl/α,β-unsaturated/α-hetero) is 1. The summed E-state index contributed by atoms with van der Waals surface area (Å²) in [7, 11) is 0. The average molecular weight is 237 g/mol. The van der Waals surface area contributed by atoms with Crippen LogP contribution in [0.4, 0.5) is 0 Å². The minimum absolute atomic E-state index is 0.262. The summed E-state index contributed by atoms with van der Waals surface area (Å²) in [6, 6.07) is 2.11. The lowest BCUT2D eigenvalue weighted by Gasteiger charge is -2.14. The van der Waals surface area contributed by atoms with Crippen LogP contribution in [0.2, 0.25) is 0 Å². The molecule has 1 aliphatic rings. The molecule has 0 fully saturated rings. The van der Waals surface area contributed by atoms with Gasteiger partial charge in [0, 0.05) is 10.3 Å². The van der Waals surface area contributed by atoms with E-state index in [-0.39, 0.29) is 11.2 Å². The fraction of sp³-hybridized carbons (Fsp3) is 0.615. The molecule has 0 spiro atoms. The summed E-state index contributed by atoms with van der Waals surface area (Å²) >= 11 is 1.69. The van der Waals surface area contributed by atoms with E-state index < -0.39 is 0 Å². The molecule has 0 bridgehead atoms. The lowest BCUT2D eigenvalue weighted by Crippen LogP contribution is -2.19. The van der Waals surface area contributed by atoms with Crippen molar-refractivity contribution in [1.82, 2.24) is 5.32 Å². The van der Waals surface area contributed by atoms with Gasteiger partial charge in [-0.25, -0.2) is 0 Å². The van der Waals surface area contributed by atoms with Gasteiger partial charge in [0.25, 0.3) is 0 Å². The van der Waals surface area contributed by atoms with Gasteiger partial charge in [-0.2, -0.15) is 0 Å². The van der Waals surface area contributed by atoms with Gasteiger partial charge in [0.15, 0.2) is 5.78 Å². The van der Waals surface area contributed by atoms with E-state index in [1.807, 2.05) is 20.8 Å².